The highest BCUT2D eigenvalue weighted by molar-refractivity contribution is 6.05. The SMILES string of the molecule is COC1CCC12CCN(C(=O)c1nccc3ccccc13)CC2. The standard InChI is InChI=1S/C19H22N2O2/c1-23-16-6-8-19(16)9-12-21(13-10-19)18(22)17-15-5-3-2-4-14(15)7-11-20-17/h2-5,7,11,16H,6,8-10,12-13H2,1H3. The van der Waals surface area contributed by atoms with Gasteiger partial charge >= 0.3 is 0 Å². The Labute approximate surface area is 136 Å². The van der Waals surface area contributed by atoms with Crippen molar-refractivity contribution >= 4 is 16.7 Å². The van der Waals surface area contributed by atoms with Crippen molar-refractivity contribution in [2.75, 3.05) is 20.2 Å². The van der Waals surface area contributed by atoms with Gasteiger partial charge in [0.2, 0.25) is 0 Å². The molecule has 23 heavy (non-hydrogen) atoms. The van der Waals surface area contributed by atoms with Crippen LogP contribution in [-0.2, 0) is 4.74 Å². The van der Waals surface area contributed by atoms with Crippen LogP contribution in [0.25, 0.3) is 10.8 Å². The maximum Gasteiger partial charge on any atom is 0.273 e. The molecule has 1 amide bonds. The van der Waals surface area contributed by atoms with E-state index in [1.165, 1.54) is 6.42 Å². The molecular weight excluding hydrogens is 288 g/mol. The molecule has 1 aromatic carbocycles. The molecule has 2 aromatic rings. The van der Waals surface area contributed by atoms with Crippen LogP contribution in [0, 0.1) is 5.41 Å². The number of carbonyl (C=O) groups is 1. The average molecular weight is 310 g/mol. The van der Waals surface area contributed by atoms with Crippen molar-refractivity contribution in [3.8, 4) is 0 Å². The van der Waals surface area contributed by atoms with Gasteiger partial charge in [-0.15, -0.1) is 0 Å². The van der Waals surface area contributed by atoms with E-state index >= 15 is 0 Å². The van der Waals surface area contributed by atoms with Crippen LogP contribution in [-0.4, -0.2) is 42.1 Å². The number of hydrogen-bond acceptors (Lipinski definition) is 3. The summed E-state index contributed by atoms with van der Waals surface area (Å²) in [6, 6.07) is 9.91. The average Bonchev–Trinajstić information content (AvgIpc) is 2.60. The minimum atomic E-state index is 0.0601. The van der Waals surface area contributed by atoms with E-state index in [2.05, 4.69) is 4.98 Å². The van der Waals surface area contributed by atoms with Gasteiger partial charge in [-0.3, -0.25) is 9.78 Å². The first kappa shape index (κ1) is 14.6. The van der Waals surface area contributed by atoms with E-state index in [4.69, 9.17) is 4.74 Å². The Morgan fingerprint density at radius 3 is 2.70 bits per heavy atom. The molecule has 0 radical (unpaired) electrons. The van der Waals surface area contributed by atoms with Crippen LogP contribution in [0.5, 0.6) is 0 Å². The van der Waals surface area contributed by atoms with Crippen molar-refractivity contribution in [2.45, 2.75) is 31.8 Å². The number of ether oxygens (including phenoxy) is 1. The molecule has 1 saturated carbocycles. The Bertz CT molecular complexity index is 728. The van der Waals surface area contributed by atoms with Gasteiger partial charge in [0, 0.05) is 37.2 Å². The number of piperidine rings is 1. The van der Waals surface area contributed by atoms with E-state index in [-0.39, 0.29) is 5.91 Å². The summed E-state index contributed by atoms with van der Waals surface area (Å²) in [7, 11) is 1.81. The van der Waals surface area contributed by atoms with Gasteiger partial charge in [-0.1, -0.05) is 24.3 Å². The molecule has 0 bridgehead atoms. The van der Waals surface area contributed by atoms with E-state index in [1.807, 2.05) is 42.3 Å². The van der Waals surface area contributed by atoms with Crippen LogP contribution in [0.1, 0.15) is 36.2 Å². The number of benzene rings is 1. The number of hydrogen-bond donors (Lipinski definition) is 0. The van der Waals surface area contributed by atoms with Gasteiger partial charge in [0.05, 0.1) is 6.10 Å². The maximum atomic E-state index is 12.9. The molecule has 1 aliphatic carbocycles. The fraction of sp³-hybridized carbons (Fsp3) is 0.474. The maximum absolute atomic E-state index is 12.9. The second kappa shape index (κ2) is 5.60. The number of likely N-dealkylation sites (tertiary alicyclic amines) is 1. The second-order valence-electron chi connectivity index (χ2n) is 6.80. The summed E-state index contributed by atoms with van der Waals surface area (Å²) in [4.78, 5) is 19.2. The van der Waals surface area contributed by atoms with Gasteiger partial charge in [-0.25, -0.2) is 0 Å². The van der Waals surface area contributed by atoms with E-state index in [0.717, 1.165) is 43.1 Å². The molecule has 1 atom stereocenters. The van der Waals surface area contributed by atoms with Crippen molar-refractivity contribution in [1.82, 2.24) is 9.88 Å². The first-order valence-electron chi connectivity index (χ1n) is 8.39. The topological polar surface area (TPSA) is 42.4 Å². The fourth-order valence-corrected chi connectivity index (χ4v) is 4.21. The highest BCUT2D eigenvalue weighted by Gasteiger charge is 2.49. The quantitative estimate of drug-likeness (QED) is 0.855. The number of amides is 1. The molecule has 1 aliphatic heterocycles. The van der Waals surface area contributed by atoms with Crippen molar-refractivity contribution < 1.29 is 9.53 Å². The van der Waals surface area contributed by atoms with Gasteiger partial charge in [-0.05, 0) is 37.1 Å². The number of carbonyl (C=O) groups excluding carboxylic acids is 1. The minimum Gasteiger partial charge on any atom is -0.381 e. The van der Waals surface area contributed by atoms with Crippen molar-refractivity contribution in [2.24, 2.45) is 5.41 Å². The molecule has 120 valence electrons. The number of nitrogens with zero attached hydrogens (tertiary/aromatic N) is 2. The molecule has 1 spiro atoms. The van der Waals surface area contributed by atoms with Gasteiger partial charge in [0.15, 0.2) is 0 Å². The summed E-state index contributed by atoms with van der Waals surface area (Å²) >= 11 is 0. The zero-order valence-corrected chi connectivity index (χ0v) is 13.5. The first-order chi connectivity index (χ1) is 11.2. The highest BCUT2D eigenvalue weighted by Crippen LogP contribution is 2.50. The number of aromatic nitrogens is 1. The lowest BCUT2D eigenvalue weighted by Crippen LogP contribution is -2.54. The Kier molecular flexibility index (Phi) is 3.57. The van der Waals surface area contributed by atoms with E-state index in [1.54, 1.807) is 6.20 Å². The molecule has 2 fully saturated rings. The number of methoxy groups -OCH3 is 1. The summed E-state index contributed by atoms with van der Waals surface area (Å²) in [5.41, 5.74) is 0.897. The van der Waals surface area contributed by atoms with E-state index in [9.17, 15) is 4.79 Å². The Morgan fingerprint density at radius 1 is 1.22 bits per heavy atom. The summed E-state index contributed by atoms with van der Waals surface area (Å²) in [5.74, 6) is 0.0601. The smallest absolute Gasteiger partial charge is 0.273 e. The number of rotatable bonds is 2. The van der Waals surface area contributed by atoms with Gasteiger partial charge in [-0.2, -0.15) is 0 Å². The largest absolute Gasteiger partial charge is 0.381 e. The van der Waals surface area contributed by atoms with Gasteiger partial charge in [0.25, 0.3) is 5.91 Å². The predicted molar refractivity (Wildman–Crippen MR) is 89.3 cm³/mol. The molecule has 4 rings (SSSR count). The summed E-state index contributed by atoms with van der Waals surface area (Å²) in [6.07, 6.45) is 6.60. The molecule has 4 heteroatoms. The third kappa shape index (κ3) is 2.32. The van der Waals surface area contributed by atoms with Crippen molar-refractivity contribution in [3.05, 3.63) is 42.2 Å². The van der Waals surface area contributed by atoms with E-state index < -0.39 is 0 Å². The number of fused-ring (bicyclic) bond motifs is 1. The van der Waals surface area contributed by atoms with Crippen LogP contribution >= 0.6 is 0 Å². The lowest BCUT2D eigenvalue weighted by atomic mass is 9.61. The molecule has 2 aliphatic rings. The molecule has 2 heterocycles. The Balaban J connectivity index is 1.54. The molecule has 0 N–H and O–H groups in total. The molecule has 4 nitrogen and oxygen atoms in total. The molecule has 1 unspecified atom stereocenters. The predicted octanol–water partition coefficient (Wildman–Crippen LogP) is 3.27. The van der Waals surface area contributed by atoms with E-state index in [0.29, 0.717) is 17.2 Å². The normalized spacial score (nSPS) is 23.0. The Morgan fingerprint density at radius 2 is 2.00 bits per heavy atom. The van der Waals surface area contributed by atoms with Gasteiger partial charge < -0.3 is 9.64 Å². The highest BCUT2D eigenvalue weighted by atomic mass is 16.5. The fourth-order valence-electron chi connectivity index (χ4n) is 4.21. The summed E-state index contributed by atoms with van der Waals surface area (Å²) in [6.45, 7) is 1.62. The third-order valence-corrected chi connectivity index (χ3v) is 5.79. The van der Waals surface area contributed by atoms with Crippen LogP contribution < -0.4 is 0 Å². The zero-order valence-electron chi connectivity index (χ0n) is 13.5. The molecular formula is C19H22N2O2. The lowest BCUT2D eigenvalue weighted by Gasteiger charge is -2.53. The first-order valence-corrected chi connectivity index (χ1v) is 8.39. The number of pyridine rings is 1. The summed E-state index contributed by atoms with van der Waals surface area (Å²) < 4.78 is 5.60. The Hall–Kier alpha value is -1.94. The van der Waals surface area contributed by atoms with Crippen molar-refractivity contribution in [1.29, 1.82) is 0 Å². The third-order valence-electron chi connectivity index (χ3n) is 5.79. The minimum absolute atomic E-state index is 0.0601. The molecule has 1 saturated heterocycles. The summed E-state index contributed by atoms with van der Waals surface area (Å²) in [5, 5.41) is 2.01. The molecule has 1 aromatic heterocycles. The zero-order chi connectivity index (χ0) is 15.9. The van der Waals surface area contributed by atoms with Gasteiger partial charge in [0.1, 0.15) is 5.69 Å². The van der Waals surface area contributed by atoms with Crippen LogP contribution in [0.15, 0.2) is 36.5 Å². The van der Waals surface area contributed by atoms with Crippen LogP contribution in [0.3, 0.4) is 0 Å². The van der Waals surface area contributed by atoms with Crippen molar-refractivity contribution in [3.63, 3.8) is 0 Å². The second-order valence-corrected chi connectivity index (χ2v) is 6.80. The van der Waals surface area contributed by atoms with Crippen LogP contribution in [0.4, 0.5) is 0 Å². The van der Waals surface area contributed by atoms with Crippen LogP contribution in [0.2, 0.25) is 0 Å². The monoisotopic (exact) mass is 310 g/mol. The lowest BCUT2D eigenvalue weighted by molar-refractivity contribution is -0.116.